The molecule has 1 amide bonds. The van der Waals surface area contributed by atoms with E-state index >= 15 is 0 Å². The second kappa shape index (κ2) is 10.1. The first kappa shape index (κ1) is 25.4. The Bertz CT molecular complexity index is 1500. The van der Waals surface area contributed by atoms with Crippen molar-refractivity contribution in [2.45, 2.75) is 13.3 Å². The van der Waals surface area contributed by atoms with Crippen LogP contribution in [0.1, 0.15) is 27.8 Å². The summed E-state index contributed by atoms with van der Waals surface area (Å²) in [5.74, 6) is -1.79. The van der Waals surface area contributed by atoms with Gasteiger partial charge >= 0.3 is 12.3 Å². The number of esters is 1. The van der Waals surface area contributed by atoms with Crippen molar-refractivity contribution in [1.82, 2.24) is 9.78 Å². The molecule has 0 saturated heterocycles. The molecule has 0 saturated carbocycles. The number of amides is 1. The maximum Gasteiger partial charge on any atom is 0.573 e. The molecule has 0 bridgehead atoms. The van der Waals surface area contributed by atoms with Gasteiger partial charge in [-0.2, -0.15) is 9.78 Å². The average Bonchev–Trinajstić information content (AvgIpc) is 3.23. The summed E-state index contributed by atoms with van der Waals surface area (Å²) in [5, 5.41) is 8.62. The molecule has 0 spiro atoms. The van der Waals surface area contributed by atoms with Crippen molar-refractivity contribution in [2.75, 3.05) is 11.9 Å². The zero-order chi connectivity index (χ0) is 26.0. The first-order chi connectivity index (χ1) is 17.1. The number of thiophene rings is 1. The Hall–Kier alpha value is -3.71. The van der Waals surface area contributed by atoms with Crippen molar-refractivity contribution >= 4 is 54.9 Å². The lowest BCUT2D eigenvalue weighted by atomic mass is 10.2. The first-order valence-electron chi connectivity index (χ1n) is 10.2. The molecule has 186 valence electrons. The summed E-state index contributed by atoms with van der Waals surface area (Å²) in [6.07, 6.45) is -4.88. The maximum atomic E-state index is 13.4. The molecule has 0 aliphatic heterocycles. The number of hydrogen-bond donors (Lipinski definition) is 1. The van der Waals surface area contributed by atoms with Crippen LogP contribution in [-0.4, -0.2) is 34.6 Å². The van der Waals surface area contributed by atoms with Gasteiger partial charge in [0.1, 0.15) is 10.8 Å². The van der Waals surface area contributed by atoms with Crippen LogP contribution in [0.5, 0.6) is 5.75 Å². The number of rotatable bonds is 6. The highest BCUT2D eigenvalue weighted by atomic mass is 79.9. The van der Waals surface area contributed by atoms with Gasteiger partial charge in [0.25, 0.3) is 11.5 Å². The number of halogens is 4. The van der Waals surface area contributed by atoms with E-state index < -0.39 is 29.5 Å². The molecule has 1 N–H and O–H groups in total. The Labute approximate surface area is 213 Å². The van der Waals surface area contributed by atoms with Crippen LogP contribution in [0.25, 0.3) is 16.5 Å². The highest BCUT2D eigenvalue weighted by molar-refractivity contribution is 9.10. The van der Waals surface area contributed by atoms with Crippen molar-refractivity contribution in [3.63, 3.8) is 0 Å². The molecule has 0 radical (unpaired) electrons. The normalized spacial score (nSPS) is 11.4. The van der Waals surface area contributed by atoms with E-state index in [-0.39, 0.29) is 33.8 Å². The Kier molecular flexibility index (Phi) is 7.13. The average molecular weight is 582 g/mol. The third-order valence-corrected chi connectivity index (χ3v) is 6.19. The fourth-order valence-corrected chi connectivity index (χ4v) is 4.43. The number of benzene rings is 2. The van der Waals surface area contributed by atoms with Crippen molar-refractivity contribution in [1.29, 1.82) is 0 Å². The Morgan fingerprint density at radius 1 is 1.11 bits per heavy atom. The third-order valence-electron chi connectivity index (χ3n) is 4.77. The Balaban J connectivity index is 1.81. The molecule has 8 nitrogen and oxygen atoms in total. The maximum absolute atomic E-state index is 13.4. The molecule has 36 heavy (non-hydrogen) atoms. The standard InChI is InChI=1S/C23H15BrF3N3O5S/c1-2-34-22(33)18-16-11-36-20(28-19(31)12-3-5-13(24)6-4-12)17(16)21(32)30(29-18)14-7-9-15(10-8-14)35-23(25,26)27/h3-11H,2H2,1H3,(H,28,31). The lowest BCUT2D eigenvalue weighted by Crippen LogP contribution is -2.25. The second-order valence-electron chi connectivity index (χ2n) is 7.14. The van der Waals surface area contributed by atoms with E-state index in [0.29, 0.717) is 5.56 Å². The number of anilines is 1. The molecule has 0 unspecified atom stereocenters. The predicted octanol–water partition coefficient (Wildman–Crippen LogP) is 5.54. The summed E-state index contributed by atoms with van der Waals surface area (Å²) in [7, 11) is 0. The van der Waals surface area contributed by atoms with E-state index in [0.717, 1.165) is 32.6 Å². The van der Waals surface area contributed by atoms with Crippen LogP contribution in [0.4, 0.5) is 18.2 Å². The fourth-order valence-electron chi connectivity index (χ4n) is 3.23. The fraction of sp³-hybridized carbons (Fsp3) is 0.130. The number of hydrogen-bond acceptors (Lipinski definition) is 7. The van der Waals surface area contributed by atoms with E-state index in [1.165, 1.54) is 17.5 Å². The summed E-state index contributed by atoms with van der Waals surface area (Å²) in [5.41, 5.74) is -0.490. The van der Waals surface area contributed by atoms with Gasteiger partial charge in [-0.25, -0.2) is 4.79 Å². The van der Waals surface area contributed by atoms with Gasteiger partial charge in [-0.15, -0.1) is 24.5 Å². The molecule has 0 aliphatic carbocycles. The van der Waals surface area contributed by atoms with E-state index in [9.17, 15) is 27.6 Å². The number of nitrogens with one attached hydrogen (secondary N) is 1. The number of nitrogens with zero attached hydrogens (tertiary/aromatic N) is 2. The summed E-state index contributed by atoms with van der Waals surface area (Å²) in [6.45, 7) is 1.64. The van der Waals surface area contributed by atoms with Gasteiger partial charge in [-0.05, 0) is 55.5 Å². The zero-order valence-electron chi connectivity index (χ0n) is 18.3. The van der Waals surface area contributed by atoms with Crippen molar-refractivity contribution in [2.24, 2.45) is 0 Å². The number of carbonyl (C=O) groups excluding carboxylic acids is 2. The van der Waals surface area contributed by atoms with Gasteiger partial charge in [-0.3, -0.25) is 9.59 Å². The number of ether oxygens (including phenoxy) is 2. The molecule has 13 heteroatoms. The number of aromatic nitrogens is 2. The number of carbonyl (C=O) groups is 2. The minimum atomic E-state index is -4.88. The van der Waals surface area contributed by atoms with Crippen LogP contribution in [-0.2, 0) is 4.74 Å². The van der Waals surface area contributed by atoms with E-state index in [1.54, 1.807) is 31.2 Å². The number of fused-ring (bicyclic) bond motifs is 1. The molecular formula is C23H15BrF3N3O5S. The molecule has 0 fully saturated rings. The highest BCUT2D eigenvalue weighted by Gasteiger charge is 2.31. The van der Waals surface area contributed by atoms with E-state index in [2.05, 4.69) is 31.1 Å². The summed E-state index contributed by atoms with van der Waals surface area (Å²) < 4.78 is 48.0. The molecule has 0 aliphatic rings. The van der Waals surface area contributed by atoms with Gasteiger partial charge in [0.2, 0.25) is 0 Å². The quantitative estimate of drug-likeness (QED) is 0.300. The molecule has 0 atom stereocenters. The van der Waals surface area contributed by atoms with Gasteiger partial charge in [-0.1, -0.05) is 15.9 Å². The van der Waals surface area contributed by atoms with Crippen LogP contribution >= 0.6 is 27.3 Å². The summed E-state index contributed by atoms with van der Waals surface area (Å²) in [6, 6.07) is 10.9. The Morgan fingerprint density at radius 3 is 2.39 bits per heavy atom. The van der Waals surface area contributed by atoms with Crippen LogP contribution in [0, 0.1) is 0 Å². The van der Waals surface area contributed by atoms with Crippen molar-refractivity contribution < 1.29 is 32.2 Å². The molecule has 2 heterocycles. The van der Waals surface area contributed by atoms with Gasteiger partial charge in [0, 0.05) is 20.8 Å². The predicted molar refractivity (Wildman–Crippen MR) is 130 cm³/mol. The lowest BCUT2D eigenvalue weighted by molar-refractivity contribution is -0.274. The third kappa shape index (κ3) is 5.41. The van der Waals surface area contributed by atoms with Crippen LogP contribution in [0.3, 0.4) is 0 Å². The smallest absolute Gasteiger partial charge is 0.461 e. The van der Waals surface area contributed by atoms with Gasteiger partial charge in [0.05, 0.1) is 17.7 Å². The van der Waals surface area contributed by atoms with Crippen LogP contribution < -0.4 is 15.6 Å². The summed E-state index contributed by atoms with van der Waals surface area (Å²) in [4.78, 5) is 38.8. The monoisotopic (exact) mass is 581 g/mol. The zero-order valence-corrected chi connectivity index (χ0v) is 20.7. The summed E-state index contributed by atoms with van der Waals surface area (Å²) >= 11 is 4.31. The van der Waals surface area contributed by atoms with Crippen molar-refractivity contribution in [3.05, 3.63) is 80.0 Å². The second-order valence-corrected chi connectivity index (χ2v) is 8.94. The first-order valence-corrected chi connectivity index (χ1v) is 11.9. The topological polar surface area (TPSA) is 99.5 Å². The Morgan fingerprint density at radius 2 is 1.78 bits per heavy atom. The highest BCUT2D eigenvalue weighted by Crippen LogP contribution is 2.31. The SMILES string of the molecule is CCOC(=O)c1nn(-c2ccc(OC(F)(F)F)cc2)c(=O)c2c(NC(=O)c3ccc(Br)cc3)scc12. The minimum Gasteiger partial charge on any atom is -0.461 e. The van der Waals surface area contributed by atoms with Gasteiger partial charge in [0.15, 0.2) is 5.69 Å². The largest absolute Gasteiger partial charge is 0.573 e. The lowest BCUT2D eigenvalue weighted by Gasteiger charge is -2.12. The van der Waals surface area contributed by atoms with E-state index in [1.807, 2.05) is 0 Å². The molecule has 2 aromatic carbocycles. The van der Waals surface area contributed by atoms with E-state index in [4.69, 9.17) is 4.74 Å². The molecular weight excluding hydrogens is 567 g/mol. The minimum absolute atomic E-state index is 0.000803. The number of alkyl halides is 3. The van der Waals surface area contributed by atoms with Crippen molar-refractivity contribution in [3.8, 4) is 11.4 Å². The van der Waals surface area contributed by atoms with Crippen LogP contribution in [0.15, 0.2) is 63.2 Å². The van der Waals surface area contributed by atoms with Gasteiger partial charge < -0.3 is 14.8 Å². The molecule has 2 aromatic heterocycles. The molecule has 4 aromatic rings. The molecule has 4 rings (SSSR count). The van der Waals surface area contributed by atoms with Crippen LogP contribution in [0.2, 0.25) is 0 Å².